The van der Waals surface area contributed by atoms with E-state index >= 15 is 0 Å². The highest BCUT2D eigenvalue weighted by atomic mass is 16.2. The maximum atomic E-state index is 12.9. The molecule has 1 aliphatic heterocycles. The van der Waals surface area contributed by atoms with Crippen molar-refractivity contribution in [2.75, 3.05) is 13.1 Å². The minimum atomic E-state index is 0.0614. The molecule has 1 aliphatic rings. The molecule has 3 rings (SSSR count). The Morgan fingerprint density at radius 1 is 1.33 bits per heavy atom. The number of carbonyl (C=O) groups is 1. The molecule has 4 heteroatoms. The number of nitrogens with zero attached hydrogens (tertiary/aromatic N) is 2. The summed E-state index contributed by atoms with van der Waals surface area (Å²) < 4.78 is 0. The minimum absolute atomic E-state index is 0.0614. The van der Waals surface area contributed by atoms with E-state index in [0.717, 1.165) is 43.0 Å². The third-order valence-electron chi connectivity index (χ3n) is 4.26. The van der Waals surface area contributed by atoms with Crippen LogP contribution in [0.3, 0.4) is 0 Å². The maximum Gasteiger partial charge on any atom is 0.273 e. The molecule has 1 saturated heterocycles. The first-order valence-corrected chi connectivity index (χ1v) is 7.66. The van der Waals surface area contributed by atoms with E-state index in [4.69, 9.17) is 5.73 Å². The number of aromatic nitrogens is 1. The summed E-state index contributed by atoms with van der Waals surface area (Å²) in [4.78, 5) is 19.2. The molecule has 4 nitrogen and oxygen atoms in total. The van der Waals surface area contributed by atoms with Crippen molar-refractivity contribution in [2.24, 2.45) is 5.73 Å². The van der Waals surface area contributed by atoms with Crippen molar-refractivity contribution in [3.8, 4) is 0 Å². The predicted octanol–water partition coefficient (Wildman–Crippen LogP) is 2.58. The van der Waals surface area contributed by atoms with Crippen molar-refractivity contribution >= 4 is 16.7 Å². The van der Waals surface area contributed by atoms with Crippen molar-refractivity contribution in [2.45, 2.75) is 31.7 Å². The summed E-state index contributed by atoms with van der Waals surface area (Å²) >= 11 is 0. The van der Waals surface area contributed by atoms with Crippen LogP contribution in [0, 0.1) is 0 Å². The van der Waals surface area contributed by atoms with Crippen LogP contribution in [0.5, 0.6) is 0 Å². The van der Waals surface area contributed by atoms with Crippen molar-refractivity contribution in [3.63, 3.8) is 0 Å². The quantitative estimate of drug-likeness (QED) is 0.938. The van der Waals surface area contributed by atoms with E-state index in [0.29, 0.717) is 18.3 Å². The number of likely N-dealkylation sites (tertiary alicyclic amines) is 1. The number of hydrogen-bond donors (Lipinski definition) is 1. The summed E-state index contributed by atoms with van der Waals surface area (Å²) in [6, 6.07) is 10.2. The largest absolute Gasteiger partial charge is 0.334 e. The Morgan fingerprint density at radius 3 is 3.05 bits per heavy atom. The summed E-state index contributed by atoms with van der Waals surface area (Å²) in [6.45, 7) is 1.52. The van der Waals surface area contributed by atoms with Gasteiger partial charge < -0.3 is 10.6 Å². The van der Waals surface area contributed by atoms with Crippen LogP contribution < -0.4 is 5.73 Å². The van der Waals surface area contributed by atoms with Gasteiger partial charge in [0.05, 0.1) is 0 Å². The highest BCUT2D eigenvalue weighted by Crippen LogP contribution is 2.25. The molecule has 2 N–H and O–H groups in total. The minimum Gasteiger partial charge on any atom is -0.334 e. The summed E-state index contributed by atoms with van der Waals surface area (Å²) in [6.07, 6.45) is 5.84. The molecule has 1 unspecified atom stereocenters. The first-order chi connectivity index (χ1) is 10.3. The van der Waals surface area contributed by atoms with Gasteiger partial charge >= 0.3 is 0 Å². The number of amides is 1. The van der Waals surface area contributed by atoms with Gasteiger partial charge in [0.25, 0.3) is 5.91 Å². The number of nitrogens with two attached hydrogens (primary N) is 1. The first-order valence-electron chi connectivity index (χ1n) is 7.66. The average molecular weight is 283 g/mol. The Bertz CT molecular complexity index is 635. The van der Waals surface area contributed by atoms with Gasteiger partial charge in [-0.15, -0.1) is 0 Å². The molecule has 0 spiro atoms. The molecular weight excluding hydrogens is 262 g/mol. The second kappa shape index (κ2) is 6.22. The fraction of sp³-hybridized carbons (Fsp3) is 0.412. The Kier molecular flexibility index (Phi) is 4.15. The van der Waals surface area contributed by atoms with Gasteiger partial charge in [0, 0.05) is 24.2 Å². The zero-order valence-electron chi connectivity index (χ0n) is 12.2. The first kappa shape index (κ1) is 14.0. The number of rotatable bonds is 4. The fourth-order valence-electron chi connectivity index (χ4n) is 3.18. The highest BCUT2D eigenvalue weighted by molar-refractivity contribution is 6.05. The average Bonchev–Trinajstić information content (AvgIpc) is 3.00. The number of fused-ring (bicyclic) bond motifs is 1. The molecule has 2 heterocycles. The third-order valence-corrected chi connectivity index (χ3v) is 4.26. The van der Waals surface area contributed by atoms with Gasteiger partial charge in [-0.25, -0.2) is 0 Å². The van der Waals surface area contributed by atoms with Gasteiger partial charge in [0.15, 0.2) is 0 Å². The van der Waals surface area contributed by atoms with Crippen molar-refractivity contribution in [1.82, 2.24) is 9.88 Å². The van der Waals surface area contributed by atoms with Gasteiger partial charge in [-0.05, 0) is 43.7 Å². The lowest BCUT2D eigenvalue weighted by Gasteiger charge is -2.24. The van der Waals surface area contributed by atoms with Crippen LogP contribution in [-0.2, 0) is 0 Å². The second-order valence-electron chi connectivity index (χ2n) is 5.61. The monoisotopic (exact) mass is 283 g/mol. The molecule has 0 aliphatic carbocycles. The number of benzene rings is 1. The van der Waals surface area contributed by atoms with E-state index in [1.165, 1.54) is 0 Å². The van der Waals surface area contributed by atoms with Gasteiger partial charge in [-0.1, -0.05) is 24.3 Å². The van der Waals surface area contributed by atoms with Gasteiger partial charge in [-0.2, -0.15) is 0 Å². The number of pyridine rings is 1. The molecular formula is C17H21N3O. The Morgan fingerprint density at radius 2 is 2.19 bits per heavy atom. The predicted molar refractivity (Wildman–Crippen MR) is 84.1 cm³/mol. The van der Waals surface area contributed by atoms with Crippen LogP contribution in [0.15, 0.2) is 36.5 Å². The summed E-state index contributed by atoms with van der Waals surface area (Å²) in [5, 5.41) is 2.00. The highest BCUT2D eigenvalue weighted by Gasteiger charge is 2.30. The molecule has 0 radical (unpaired) electrons. The maximum absolute atomic E-state index is 12.9. The van der Waals surface area contributed by atoms with E-state index in [1.807, 2.05) is 35.2 Å². The van der Waals surface area contributed by atoms with E-state index in [9.17, 15) is 4.79 Å². The summed E-state index contributed by atoms with van der Waals surface area (Å²) in [5.74, 6) is 0.0614. The van der Waals surface area contributed by atoms with E-state index in [-0.39, 0.29) is 5.91 Å². The van der Waals surface area contributed by atoms with Crippen LogP contribution in [0.2, 0.25) is 0 Å². The molecule has 0 bridgehead atoms. The Labute approximate surface area is 125 Å². The third kappa shape index (κ3) is 2.76. The molecule has 1 fully saturated rings. The standard InChI is InChI=1S/C17H21N3O/c18-10-3-6-14-7-4-12-20(14)17(21)16-15-8-2-1-5-13(15)9-11-19-16/h1-2,5,8-9,11,14H,3-4,6-7,10,12,18H2. The molecule has 1 aromatic carbocycles. The topological polar surface area (TPSA) is 59.2 Å². The number of hydrogen-bond acceptors (Lipinski definition) is 3. The van der Waals surface area contributed by atoms with Crippen LogP contribution in [-0.4, -0.2) is 34.9 Å². The lowest BCUT2D eigenvalue weighted by atomic mass is 10.1. The summed E-state index contributed by atoms with van der Waals surface area (Å²) in [7, 11) is 0. The Hall–Kier alpha value is -1.94. The molecule has 1 atom stereocenters. The van der Waals surface area contributed by atoms with Gasteiger partial charge in [-0.3, -0.25) is 9.78 Å². The molecule has 110 valence electrons. The fourth-order valence-corrected chi connectivity index (χ4v) is 3.18. The Balaban J connectivity index is 1.89. The SMILES string of the molecule is NCCCC1CCCN1C(=O)c1nccc2ccccc12. The van der Waals surface area contributed by atoms with Gasteiger partial charge in [0.2, 0.25) is 0 Å². The van der Waals surface area contributed by atoms with Crippen molar-refractivity contribution in [3.05, 3.63) is 42.2 Å². The van der Waals surface area contributed by atoms with Crippen LogP contribution in [0.1, 0.15) is 36.2 Å². The van der Waals surface area contributed by atoms with Crippen LogP contribution in [0.4, 0.5) is 0 Å². The van der Waals surface area contributed by atoms with Crippen molar-refractivity contribution in [1.29, 1.82) is 0 Å². The van der Waals surface area contributed by atoms with E-state index in [1.54, 1.807) is 6.20 Å². The molecule has 1 amide bonds. The van der Waals surface area contributed by atoms with Crippen LogP contribution in [0.25, 0.3) is 10.8 Å². The van der Waals surface area contributed by atoms with Crippen LogP contribution >= 0.6 is 0 Å². The normalized spacial score (nSPS) is 18.3. The molecule has 0 saturated carbocycles. The molecule has 1 aromatic heterocycles. The smallest absolute Gasteiger partial charge is 0.273 e. The lowest BCUT2D eigenvalue weighted by Crippen LogP contribution is -2.36. The number of carbonyl (C=O) groups excluding carboxylic acids is 1. The second-order valence-corrected chi connectivity index (χ2v) is 5.61. The summed E-state index contributed by atoms with van der Waals surface area (Å²) in [5.41, 5.74) is 6.17. The van der Waals surface area contributed by atoms with E-state index in [2.05, 4.69) is 4.98 Å². The zero-order valence-corrected chi connectivity index (χ0v) is 12.2. The van der Waals surface area contributed by atoms with Gasteiger partial charge in [0.1, 0.15) is 5.69 Å². The molecule has 21 heavy (non-hydrogen) atoms. The molecule has 2 aromatic rings. The lowest BCUT2D eigenvalue weighted by molar-refractivity contribution is 0.0726. The van der Waals surface area contributed by atoms with Crippen molar-refractivity contribution < 1.29 is 4.79 Å². The van der Waals surface area contributed by atoms with E-state index < -0.39 is 0 Å². The zero-order chi connectivity index (χ0) is 14.7.